The normalized spacial score (nSPS) is 21.3. The average Bonchev–Trinajstić information content (AvgIpc) is 3.21. The number of hydrogen-bond acceptors (Lipinski definition) is 5. The molecule has 4 rings (SSSR count). The minimum atomic E-state index is -3.85. The molecule has 1 amide bonds. The van der Waals surface area contributed by atoms with E-state index < -0.39 is 10.0 Å². The van der Waals surface area contributed by atoms with Gasteiger partial charge in [-0.3, -0.25) is 4.79 Å². The van der Waals surface area contributed by atoms with Crippen LogP contribution in [0.25, 0.3) is 12.2 Å². The number of nitrogens with zero attached hydrogens (tertiary/aromatic N) is 2. The first kappa shape index (κ1) is 24.7. The van der Waals surface area contributed by atoms with E-state index in [0.29, 0.717) is 25.1 Å². The van der Waals surface area contributed by atoms with Crippen molar-refractivity contribution < 1.29 is 17.7 Å². The quantitative estimate of drug-likeness (QED) is 0.635. The Kier molecular flexibility index (Phi) is 8.21. The van der Waals surface area contributed by atoms with Crippen LogP contribution in [0.4, 0.5) is 0 Å². The van der Waals surface area contributed by atoms with E-state index in [9.17, 15) is 13.2 Å². The second kappa shape index (κ2) is 11.3. The number of rotatable bonds is 6. The zero-order chi connectivity index (χ0) is 24.0. The molecule has 34 heavy (non-hydrogen) atoms. The molecule has 1 atom stereocenters. The Labute approximate surface area is 202 Å². The third-order valence-corrected chi connectivity index (χ3v) is 8.89. The zero-order valence-corrected chi connectivity index (χ0v) is 20.7. The molecular weight excluding hydrogens is 450 g/mol. The van der Waals surface area contributed by atoms with Crippen molar-refractivity contribution >= 4 is 28.1 Å². The largest absolute Gasteiger partial charge is 0.355 e. The summed E-state index contributed by atoms with van der Waals surface area (Å²) in [6.07, 6.45) is 12.8. The van der Waals surface area contributed by atoms with Gasteiger partial charge in [0, 0.05) is 19.1 Å². The van der Waals surface area contributed by atoms with Crippen LogP contribution < -0.4 is 5.32 Å². The summed E-state index contributed by atoms with van der Waals surface area (Å²) in [6.45, 7) is 2.22. The number of carbonyl (C=O) groups is 1. The van der Waals surface area contributed by atoms with Crippen molar-refractivity contribution in [3.63, 3.8) is 0 Å². The third-order valence-electron chi connectivity index (χ3n) is 6.86. The van der Waals surface area contributed by atoms with Gasteiger partial charge in [-0.1, -0.05) is 73.7 Å². The van der Waals surface area contributed by atoms with Crippen LogP contribution in [-0.4, -0.2) is 42.9 Å². The minimum absolute atomic E-state index is 0.0169. The number of aromatic nitrogens is 1. The maximum absolute atomic E-state index is 13.6. The molecule has 0 bridgehead atoms. The lowest BCUT2D eigenvalue weighted by molar-refractivity contribution is -0.126. The van der Waals surface area contributed by atoms with Gasteiger partial charge in [0.25, 0.3) is 0 Å². The van der Waals surface area contributed by atoms with Gasteiger partial charge in [0.1, 0.15) is 5.69 Å². The Bertz CT molecular complexity index is 1090. The highest BCUT2D eigenvalue weighted by Crippen LogP contribution is 2.29. The van der Waals surface area contributed by atoms with Crippen LogP contribution in [0, 0.1) is 12.8 Å². The molecule has 0 unspecified atom stereocenters. The van der Waals surface area contributed by atoms with Crippen molar-refractivity contribution in [2.75, 3.05) is 13.1 Å². The molecule has 0 spiro atoms. The molecular formula is C26H35N3O4S. The molecule has 7 nitrogen and oxygen atoms in total. The van der Waals surface area contributed by atoms with Gasteiger partial charge in [0.15, 0.2) is 10.7 Å². The molecule has 1 aliphatic carbocycles. The number of hydrogen-bond donors (Lipinski definition) is 1. The number of aryl methyl sites for hydroxylation is 1. The first-order valence-corrected chi connectivity index (χ1v) is 13.9. The maximum atomic E-state index is 13.6. The molecule has 1 N–H and O–H groups in total. The van der Waals surface area contributed by atoms with Crippen molar-refractivity contribution in [3.8, 4) is 0 Å². The molecule has 184 valence electrons. The zero-order valence-electron chi connectivity index (χ0n) is 19.9. The van der Waals surface area contributed by atoms with Gasteiger partial charge in [-0.2, -0.15) is 4.31 Å². The number of carbonyl (C=O) groups excluding carboxylic acids is 1. The standard InChI is InChI=1S/C26H35N3O4S/c1-20-25(24(33-28-20)17-16-21-11-6-5-7-12-21)34(31,32)29-18-10-13-22(19-29)26(30)27-23-14-8-3-2-4-9-15-23/h5-7,11-12,16-17,22-23H,2-4,8-10,13-15,18-19H2,1H3,(H,27,30)/b17-16+/t22-/m1/s1. The van der Waals surface area contributed by atoms with Gasteiger partial charge in [-0.15, -0.1) is 0 Å². The van der Waals surface area contributed by atoms with Crippen LogP contribution in [0.2, 0.25) is 0 Å². The van der Waals surface area contributed by atoms with E-state index >= 15 is 0 Å². The molecule has 0 radical (unpaired) electrons. The molecule has 1 aromatic carbocycles. The highest BCUT2D eigenvalue weighted by molar-refractivity contribution is 7.89. The smallest absolute Gasteiger partial charge is 0.248 e. The fraction of sp³-hybridized carbons (Fsp3) is 0.538. The Balaban J connectivity index is 1.47. The predicted octanol–water partition coefficient (Wildman–Crippen LogP) is 4.78. The highest BCUT2D eigenvalue weighted by atomic mass is 32.2. The van der Waals surface area contributed by atoms with Gasteiger partial charge >= 0.3 is 0 Å². The van der Waals surface area contributed by atoms with Crippen LogP contribution >= 0.6 is 0 Å². The number of amides is 1. The van der Waals surface area contributed by atoms with Crippen molar-refractivity contribution in [2.24, 2.45) is 5.92 Å². The number of benzene rings is 1. The van der Waals surface area contributed by atoms with Crippen LogP contribution in [0.3, 0.4) is 0 Å². The summed E-state index contributed by atoms with van der Waals surface area (Å²) in [4.78, 5) is 13.1. The second-order valence-corrected chi connectivity index (χ2v) is 11.3. The van der Waals surface area contributed by atoms with Gasteiger partial charge < -0.3 is 9.84 Å². The number of sulfonamides is 1. The van der Waals surface area contributed by atoms with E-state index in [4.69, 9.17) is 4.52 Å². The summed E-state index contributed by atoms with van der Waals surface area (Å²) in [6, 6.07) is 9.81. The lowest BCUT2D eigenvalue weighted by atomic mass is 9.94. The summed E-state index contributed by atoms with van der Waals surface area (Å²) in [7, 11) is -3.85. The first-order valence-electron chi connectivity index (χ1n) is 12.4. The maximum Gasteiger partial charge on any atom is 0.248 e. The summed E-state index contributed by atoms with van der Waals surface area (Å²) in [5.41, 5.74) is 1.26. The highest BCUT2D eigenvalue weighted by Gasteiger charge is 2.37. The molecule has 8 heteroatoms. The molecule has 2 aliphatic rings. The minimum Gasteiger partial charge on any atom is -0.355 e. The Hall–Kier alpha value is -2.45. The monoisotopic (exact) mass is 485 g/mol. The van der Waals surface area contributed by atoms with Crippen LogP contribution in [0.1, 0.15) is 74.8 Å². The van der Waals surface area contributed by atoms with Gasteiger partial charge in [-0.05, 0) is 44.2 Å². The summed E-state index contributed by atoms with van der Waals surface area (Å²) in [5, 5.41) is 7.15. The lowest BCUT2D eigenvalue weighted by Gasteiger charge is -2.32. The predicted molar refractivity (Wildman–Crippen MR) is 132 cm³/mol. The molecule has 2 aromatic rings. The van der Waals surface area contributed by atoms with E-state index in [1.54, 1.807) is 19.1 Å². The van der Waals surface area contributed by atoms with Gasteiger partial charge in [0.2, 0.25) is 15.9 Å². The number of piperidine rings is 1. The van der Waals surface area contributed by atoms with Crippen molar-refractivity contribution in [2.45, 2.75) is 75.6 Å². The van der Waals surface area contributed by atoms with E-state index in [1.165, 1.54) is 23.6 Å². The van der Waals surface area contributed by atoms with E-state index in [1.807, 2.05) is 30.3 Å². The Morgan fingerprint density at radius 2 is 1.74 bits per heavy atom. The SMILES string of the molecule is Cc1noc(/C=C/c2ccccc2)c1S(=O)(=O)N1CCC[C@@H](C(=O)NC2CCCCCCC2)C1. The van der Waals surface area contributed by atoms with Crippen LogP contribution in [0.15, 0.2) is 39.8 Å². The topological polar surface area (TPSA) is 92.5 Å². The van der Waals surface area contributed by atoms with E-state index in [-0.39, 0.29) is 35.1 Å². The Morgan fingerprint density at radius 3 is 2.47 bits per heavy atom. The second-order valence-electron chi connectivity index (χ2n) is 9.46. The van der Waals surface area contributed by atoms with Gasteiger partial charge in [0.05, 0.1) is 5.92 Å². The van der Waals surface area contributed by atoms with E-state index in [0.717, 1.165) is 31.2 Å². The van der Waals surface area contributed by atoms with Crippen molar-refractivity contribution in [1.82, 2.24) is 14.8 Å². The van der Waals surface area contributed by atoms with Crippen molar-refractivity contribution in [1.29, 1.82) is 0 Å². The number of nitrogens with one attached hydrogen (secondary N) is 1. The van der Waals surface area contributed by atoms with Gasteiger partial charge in [-0.25, -0.2) is 8.42 Å². The molecule has 2 fully saturated rings. The molecule has 1 saturated carbocycles. The van der Waals surface area contributed by atoms with Crippen molar-refractivity contribution in [3.05, 3.63) is 47.3 Å². The summed E-state index contributed by atoms with van der Waals surface area (Å²) >= 11 is 0. The van der Waals surface area contributed by atoms with Crippen LogP contribution in [0.5, 0.6) is 0 Å². The van der Waals surface area contributed by atoms with Crippen LogP contribution in [-0.2, 0) is 14.8 Å². The lowest BCUT2D eigenvalue weighted by Crippen LogP contribution is -2.47. The first-order chi connectivity index (χ1) is 16.4. The summed E-state index contributed by atoms with van der Waals surface area (Å²) < 4.78 is 34.0. The molecule has 2 heterocycles. The van der Waals surface area contributed by atoms with E-state index in [2.05, 4.69) is 10.5 Å². The fourth-order valence-corrected chi connectivity index (χ4v) is 6.73. The fourth-order valence-electron chi connectivity index (χ4n) is 4.96. The Morgan fingerprint density at radius 1 is 1.03 bits per heavy atom. The molecule has 1 aromatic heterocycles. The third kappa shape index (κ3) is 5.96. The molecule has 1 aliphatic heterocycles. The molecule has 1 saturated heterocycles. The average molecular weight is 486 g/mol. The summed E-state index contributed by atoms with van der Waals surface area (Å²) in [5.74, 6) is -0.142.